The van der Waals surface area contributed by atoms with Crippen LogP contribution in [-0.4, -0.2) is 63.9 Å². The molecule has 27 heavy (non-hydrogen) atoms. The fraction of sp³-hybridized carbons (Fsp3) is 0.316. The number of para-hydroxylation sites is 1. The van der Waals surface area contributed by atoms with Gasteiger partial charge >= 0.3 is 0 Å². The number of benzene rings is 2. The molecule has 1 saturated heterocycles. The van der Waals surface area contributed by atoms with Crippen molar-refractivity contribution < 1.29 is 13.2 Å². The largest absolute Gasteiger partial charge is 0.339 e. The van der Waals surface area contributed by atoms with Gasteiger partial charge in [0, 0.05) is 31.2 Å². The molecule has 0 N–H and O–H groups in total. The minimum atomic E-state index is -3.90. The van der Waals surface area contributed by atoms with E-state index in [1.54, 1.807) is 35.2 Å². The van der Waals surface area contributed by atoms with Crippen molar-refractivity contribution >= 4 is 33.2 Å². The second-order valence-corrected chi connectivity index (χ2v) is 8.78. The molecule has 2 aromatic carbocycles. The Morgan fingerprint density at radius 1 is 1.00 bits per heavy atom. The summed E-state index contributed by atoms with van der Waals surface area (Å²) in [4.78, 5) is 16.8. The molecule has 0 spiro atoms. The lowest BCUT2D eigenvalue weighted by Crippen LogP contribution is -2.50. The summed E-state index contributed by atoms with van der Waals surface area (Å²) in [5, 5.41) is 0.453. The lowest BCUT2D eigenvalue weighted by atomic mass is 10.3. The number of hydrogen-bond acceptors (Lipinski definition) is 4. The summed E-state index contributed by atoms with van der Waals surface area (Å²) in [6, 6.07) is 14.6. The molecule has 3 rings (SSSR count). The van der Waals surface area contributed by atoms with Crippen LogP contribution in [-0.2, 0) is 14.8 Å². The van der Waals surface area contributed by atoms with Gasteiger partial charge in [0.15, 0.2) is 0 Å². The third-order valence-electron chi connectivity index (χ3n) is 4.58. The van der Waals surface area contributed by atoms with Crippen molar-refractivity contribution in [3.05, 3.63) is 59.6 Å². The van der Waals surface area contributed by atoms with Gasteiger partial charge in [-0.05, 0) is 43.4 Å². The Labute approximate surface area is 165 Å². The highest BCUT2D eigenvalue weighted by molar-refractivity contribution is 7.92. The van der Waals surface area contributed by atoms with E-state index < -0.39 is 10.0 Å². The number of nitrogens with zero attached hydrogens (tertiary/aromatic N) is 3. The van der Waals surface area contributed by atoms with Gasteiger partial charge in [0.25, 0.3) is 10.0 Å². The Balaban J connectivity index is 1.90. The van der Waals surface area contributed by atoms with Gasteiger partial charge in [0.2, 0.25) is 5.91 Å². The van der Waals surface area contributed by atoms with Gasteiger partial charge in [0.1, 0.15) is 6.54 Å². The maximum absolute atomic E-state index is 13.2. The number of halogens is 1. The molecule has 0 unspecified atom stereocenters. The standard InChI is InChI=1S/C19H22ClN3O3S/c1-21-11-13-22(14-12-21)19(24)15-23(17-5-3-2-4-6-17)27(25,26)18-9-7-16(20)8-10-18/h2-10H,11-15H2,1H3. The van der Waals surface area contributed by atoms with Gasteiger partial charge in [-0.25, -0.2) is 8.42 Å². The van der Waals surface area contributed by atoms with Crippen molar-refractivity contribution in [2.75, 3.05) is 44.1 Å². The normalized spacial score (nSPS) is 15.6. The number of amides is 1. The van der Waals surface area contributed by atoms with E-state index in [-0.39, 0.29) is 17.3 Å². The maximum Gasteiger partial charge on any atom is 0.264 e. The van der Waals surface area contributed by atoms with Crippen LogP contribution in [0.3, 0.4) is 0 Å². The Morgan fingerprint density at radius 3 is 2.19 bits per heavy atom. The number of rotatable bonds is 5. The highest BCUT2D eigenvalue weighted by Gasteiger charge is 2.29. The molecule has 1 heterocycles. The van der Waals surface area contributed by atoms with Gasteiger partial charge in [-0.1, -0.05) is 29.8 Å². The molecule has 6 nitrogen and oxygen atoms in total. The molecule has 1 amide bonds. The second kappa shape index (κ2) is 8.29. The minimum absolute atomic E-state index is 0.0990. The first-order valence-electron chi connectivity index (χ1n) is 8.67. The van der Waals surface area contributed by atoms with Crippen LogP contribution < -0.4 is 4.31 Å². The lowest BCUT2D eigenvalue weighted by Gasteiger charge is -2.34. The van der Waals surface area contributed by atoms with Crippen molar-refractivity contribution in [3.63, 3.8) is 0 Å². The molecule has 0 bridgehead atoms. The minimum Gasteiger partial charge on any atom is -0.339 e. The maximum atomic E-state index is 13.2. The molecule has 1 aliphatic heterocycles. The van der Waals surface area contributed by atoms with Gasteiger partial charge in [-0.2, -0.15) is 0 Å². The molecule has 1 aliphatic rings. The van der Waals surface area contributed by atoms with Crippen LogP contribution in [0.15, 0.2) is 59.5 Å². The van der Waals surface area contributed by atoms with E-state index in [1.807, 2.05) is 7.05 Å². The lowest BCUT2D eigenvalue weighted by molar-refractivity contribution is -0.131. The second-order valence-electron chi connectivity index (χ2n) is 6.49. The van der Waals surface area contributed by atoms with E-state index >= 15 is 0 Å². The van der Waals surface area contributed by atoms with Crippen LogP contribution in [0.1, 0.15) is 0 Å². The fourth-order valence-electron chi connectivity index (χ4n) is 2.92. The summed E-state index contributed by atoms with van der Waals surface area (Å²) in [5.74, 6) is -0.204. The molecule has 0 radical (unpaired) electrons. The van der Waals surface area contributed by atoms with Crippen molar-refractivity contribution in [2.45, 2.75) is 4.90 Å². The van der Waals surface area contributed by atoms with E-state index in [4.69, 9.17) is 11.6 Å². The highest BCUT2D eigenvalue weighted by atomic mass is 35.5. The zero-order chi connectivity index (χ0) is 19.4. The monoisotopic (exact) mass is 407 g/mol. The van der Waals surface area contributed by atoms with E-state index in [0.717, 1.165) is 17.4 Å². The van der Waals surface area contributed by atoms with E-state index in [2.05, 4.69) is 4.90 Å². The quantitative estimate of drug-likeness (QED) is 0.763. The van der Waals surface area contributed by atoms with Gasteiger partial charge in [-0.3, -0.25) is 9.10 Å². The van der Waals surface area contributed by atoms with Crippen LogP contribution in [0.5, 0.6) is 0 Å². The molecular weight excluding hydrogens is 386 g/mol. The Morgan fingerprint density at radius 2 is 1.59 bits per heavy atom. The summed E-state index contributed by atoms with van der Waals surface area (Å²) in [5.41, 5.74) is 0.454. The zero-order valence-electron chi connectivity index (χ0n) is 15.1. The van der Waals surface area contributed by atoms with Crippen molar-refractivity contribution in [2.24, 2.45) is 0 Å². The van der Waals surface area contributed by atoms with Crippen molar-refractivity contribution in [1.29, 1.82) is 0 Å². The van der Waals surface area contributed by atoms with Crippen LogP contribution in [0.25, 0.3) is 0 Å². The fourth-order valence-corrected chi connectivity index (χ4v) is 4.46. The molecule has 2 aromatic rings. The summed E-state index contributed by atoms with van der Waals surface area (Å²) in [7, 11) is -1.90. The van der Waals surface area contributed by atoms with Crippen LogP contribution in [0.4, 0.5) is 5.69 Å². The summed E-state index contributed by atoms with van der Waals surface area (Å²) in [6.07, 6.45) is 0. The SMILES string of the molecule is CN1CCN(C(=O)CN(c2ccccc2)S(=O)(=O)c2ccc(Cl)cc2)CC1. The predicted octanol–water partition coefficient (Wildman–Crippen LogP) is 2.31. The molecule has 1 fully saturated rings. The van der Waals surface area contributed by atoms with E-state index in [0.29, 0.717) is 23.8 Å². The van der Waals surface area contributed by atoms with Gasteiger partial charge in [0.05, 0.1) is 10.6 Å². The Bertz CT molecular complexity index is 880. The van der Waals surface area contributed by atoms with Crippen molar-refractivity contribution in [3.8, 4) is 0 Å². The number of hydrogen-bond donors (Lipinski definition) is 0. The summed E-state index contributed by atoms with van der Waals surface area (Å²) < 4.78 is 27.6. The first-order valence-corrected chi connectivity index (χ1v) is 10.5. The van der Waals surface area contributed by atoms with E-state index in [1.165, 1.54) is 24.3 Å². The average Bonchev–Trinajstić information content (AvgIpc) is 2.67. The molecule has 144 valence electrons. The molecule has 8 heteroatoms. The van der Waals surface area contributed by atoms with Gasteiger partial charge < -0.3 is 9.80 Å². The number of carbonyl (C=O) groups is 1. The number of piperazine rings is 1. The smallest absolute Gasteiger partial charge is 0.264 e. The highest BCUT2D eigenvalue weighted by Crippen LogP contribution is 2.24. The van der Waals surface area contributed by atoms with Crippen LogP contribution in [0, 0.1) is 0 Å². The average molecular weight is 408 g/mol. The zero-order valence-corrected chi connectivity index (χ0v) is 16.7. The third-order valence-corrected chi connectivity index (χ3v) is 6.62. The first kappa shape index (κ1) is 19.7. The van der Waals surface area contributed by atoms with Crippen LogP contribution >= 0.6 is 11.6 Å². The number of sulfonamides is 1. The summed E-state index contributed by atoms with van der Waals surface area (Å²) in [6.45, 7) is 2.51. The first-order chi connectivity index (χ1) is 12.9. The molecule has 0 saturated carbocycles. The van der Waals surface area contributed by atoms with Gasteiger partial charge in [-0.15, -0.1) is 0 Å². The van der Waals surface area contributed by atoms with E-state index in [9.17, 15) is 13.2 Å². The topological polar surface area (TPSA) is 60.9 Å². The molecule has 0 atom stereocenters. The summed E-state index contributed by atoms with van der Waals surface area (Å²) >= 11 is 5.88. The Kier molecular flexibility index (Phi) is 6.04. The predicted molar refractivity (Wildman–Crippen MR) is 107 cm³/mol. The number of carbonyl (C=O) groups excluding carboxylic acids is 1. The third kappa shape index (κ3) is 4.61. The Hall–Kier alpha value is -2.09. The van der Waals surface area contributed by atoms with Crippen LogP contribution in [0.2, 0.25) is 5.02 Å². The molecular formula is C19H22ClN3O3S. The molecule has 0 aliphatic carbocycles. The van der Waals surface area contributed by atoms with Crippen molar-refractivity contribution in [1.82, 2.24) is 9.80 Å². The number of likely N-dealkylation sites (N-methyl/N-ethyl adjacent to an activating group) is 1. The molecule has 0 aromatic heterocycles. The number of anilines is 1.